The number of nitrogens with one attached hydrogen (secondary N) is 1. The van der Waals surface area contributed by atoms with E-state index in [0.29, 0.717) is 10.8 Å². The highest BCUT2D eigenvalue weighted by Gasteiger charge is 2.05. The maximum Gasteiger partial charge on any atom is 0.139 e. The Balaban J connectivity index is 2.25. The van der Waals surface area contributed by atoms with Crippen molar-refractivity contribution < 1.29 is 4.74 Å². The summed E-state index contributed by atoms with van der Waals surface area (Å²) in [4.78, 5) is 8.80. The average Bonchev–Trinajstić information content (AvgIpc) is 2.40. The van der Waals surface area contributed by atoms with E-state index in [0.717, 1.165) is 34.8 Å². The van der Waals surface area contributed by atoms with Crippen LogP contribution in [-0.2, 0) is 6.42 Å². The summed E-state index contributed by atoms with van der Waals surface area (Å²) in [5, 5.41) is 3.80. The Morgan fingerprint density at radius 3 is 2.80 bits per heavy atom. The minimum Gasteiger partial charge on any atom is -0.495 e. The smallest absolute Gasteiger partial charge is 0.139 e. The highest BCUT2D eigenvalue weighted by molar-refractivity contribution is 9.10. The third-order valence-corrected chi connectivity index (χ3v) is 3.36. The standard InChI is InChI=1S/C14H15BrClN3O/c1-3-4-13-18-12(15)8-14(19-13)17-9-5-6-10(16)11(7-9)20-2/h5-8H,3-4H2,1-2H3,(H,17,18,19). The molecule has 1 heterocycles. The topological polar surface area (TPSA) is 47.0 Å². The quantitative estimate of drug-likeness (QED) is 0.796. The maximum absolute atomic E-state index is 6.01. The van der Waals surface area contributed by atoms with Gasteiger partial charge in [0, 0.05) is 24.2 Å². The second-order valence-electron chi connectivity index (χ2n) is 4.22. The number of rotatable bonds is 5. The Bertz CT molecular complexity index is 607. The fourth-order valence-electron chi connectivity index (χ4n) is 1.75. The van der Waals surface area contributed by atoms with Gasteiger partial charge in [-0.15, -0.1) is 0 Å². The lowest BCUT2D eigenvalue weighted by Crippen LogP contribution is -2.00. The molecule has 0 saturated carbocycles. The van der Waals surface area contributed by atoms with Gasteiger partial charge in [-0.3, -0.25) is 0 Å². The van der Waals surface area contributed by atoms with Crippen molar-refractivity contribution in [2.24, 2.45) is 0 Å². The summed E-state index contributed by atoms with van der Waals surface area (Å²) in [7, 11) is 1.59. The number of hydrogen-bond acceptors (Lipinski definition) is 4. The van der Waals surface area contributed by atoms with Crippen LogP contribution in [0.1, 0.15) is 19.2 Å². The van der Waals surface area contributed by atoms with E-state index in [1.165, 1.54) is 0 Å². The van der Waals surface area contributed by atoms with E-state index in [9.17, 15) is 0 Å². The van der Waals surface area contributed by atoms with E-state index >= 15 is 0 Å². The van der Waals surface area contributed by atoms with Gasteiger partial charge >= 0.3 is 0 Å². The fourth-order valence-corrected chi connectivity index (χ4v) is 2.37. The molecule has 0 radical (unpaired) electrons. The van der Waals surface area contributed by atoms with E-state index in [4.69, 9.17) is 16.3 Å². The molecule has 2 rings (SSSR count). The molecule has 6 heteroatoms. The molecule has 2 aromatic rings. The van der Waals surface area contributed by atoms with Gasteiger partial charge in [0.05, 0.1) is 12.1 Å². The Labute approximate surface area is 131 Å². The summed E-state index contributed by atoms with van der Waals surface area (Å²) in [5.74, 6) is 2.17. The van der Waals surface area contributed by atoms with Crippen molar-refractivity contribution in [3.8, 4) is 5.75 Å². The largest absolute Gasteiger partial charge is 0.495 e. The van der Waals surface area contributed by atoms with E-state index < -0.39 is 0 Å². The molecule has 0 bridgehead atoms. The zero-order chi connectivity index (χ0) is 14.5. The van der Waals surface area contributed by atoms with Crippen molar-refractivity contribution in [2.75, 3.05) is 12.4 Å². The van der Waals surface area contributed by atoms with E-state index in [1.54, 1.807) is 13.2 Å². The normalized spacial score (nSPS) is 10.4. The molecule has 106 valence electrons. The Kier molecular flexibility index (Phi) is 5.20. The molecule has 1 aromatic carbocycles. The number of anilines is 2. The second kappa shape index (κ2) is 6.90. The van der Waals surface area contributed by atoms with Crippen LogP contribution in [0.5, 0.6) is 5.75 Å². The first kappa shape index (κ1) is 15.1. The van der Waals surface area contributed by atoms with Crippen molar-refractivity contribution in [1.82, 2.24) is 9.97 Å². The Morgan fingerprint density at radius 1 is 1.30 bits per heavy atom. The molecule has 0 amide bonds. The lowest BCUT2D eigenvalue weighted by atomic mass is 10.3. The molecule has 1 aromatic heterocycles. The van der Waals surface area contributed by atoms with Gasteiger partial charge in [-0.2, -0.15) is 0 Å². The van der Waals surface area contributed by atoms with Crippen molar-refractivity contribution in [3.05, 3.63) is 39.7 Å². The van der Waals surface area contributed by atoms with Crippen LogP contribution in [0.25, 0.3) is 0 Å². The summed E-state index contributed by atoms with van der Waals surface area (Å²) < 4.78 is 5.96. The Hall–Kier alpha value is -1.33. The summed E-state index contributed by atoms with van der Waals surface area (Å²) >= 11 is 9.40. The molecule has 0 aliphatic rings. The van der Waals surface area contributed by atoms with Crippen LogP contribution in [0.2, 0.25) is 5.02 Å². The fraction of sp³-hybridized carbons (Fsp3) is 0.286. The van der Waals surface area contributed by atoms with Gasteiger partial charge < -0.3 is 10.1 Å². The van der Waals surface area contributed by atoms with Crippen LogP contribution in [0.15, 0.2) is 28.9 Å². The molecule has 4 nitrogen and oxygen atoms in total. The van der Waals surface area contributed by atoms with Crippen molar-refractivity contribution in [3.63, 3.8) is 0 Å². The van der Waals surface area contributed by atoms with E-state index in [-0.39, 0.29) is 0 Å². The van der Waals surface area contributed by atoms with Crippen LogP contribution in [0.3, 0.4) is 0 Å². The van der Waals surface area contributed by atoms with Gasteiger partial charge in [-0.25, -0.2) is 9.97 Å². The van der Waals surface area contributed by atoms with Crippen LogP contribution < -0.4 is 10.1 Å². The van der Waals surface area contributed by atoms with Gasteiger partial charge in [0.15, 0.2) is 0 Å². The van der Waals surface area contributed by atoms with Crippen molar-refractivity contribution >= 4 is 39.0 Å². The molecular weight excluding hydrogens is 342 g/mol. The number of nitrogens with zero attached hydrogens (tertiary/aromatic N) is 2. The first-order valence-electron chi connectivity index (χ1n) is 6.26. The van der Waals surface area contributed by atoms with Crippen LogP contribution in [0.4, 0.5) is 11.5 Å². The molecule has 1 N–H and O–H groups in total. The lowest BCUT2D eigenvalue weighted by Gasteiger charge is -2.10. The molecule has 0 aliphatic carbocycles. The molecule has 0 aliphatic heterocycles. The van der Waals surface area contributed by atoms with Gasteiger partial charge in [0.25, 0.3) is 0 Å². The monoisotopic (exact) mass is 355 g/mol. The third kappa shape index (κ3) is 3.84. The lowest BCUT2D eigenvalue weighted by molar-refractivity contribution is 0.415. The third-order valence-electron chi connectivity index (χ3n) is 2.64. The molecule has 0 atom stereocenters. The van der Waals surface area contributed by atoms with Gasteiger partial charge in [-0.1, -0.05) is 18.5 Å². The van der Waals surface area contributed by atoms with Crippen LogP contribution in [-0.4, -0.2) is 17.1 Å². The molecular formula is C14H15BrClN3O. The zero-order valence-electron chi connectivity index (χ0n) is 11.3. The molecule has 0 spiro atoms. The minimum absolute atomic E-state index is 0.577. The number of methoxy groups -OCH3 is 1. The van der Waals surface area contributed by atoms with Crippen LogP contribution in [0, 0.1) is 0 Å². The SMILES string of the molecule is CCCc1nc(Br)cc(Nc2ccc(Cl)c(OC)c2)n1. The second-order valence-corrected chi connectivity index (χ2v) is 5.44. The van der Waals surface area contributed by atoms with Gasteiger partial charge in [-0.05, 0) is 34.5 Å². The minimum atomic E-state index is 0.577. The van der Waals surface area contributed by atoms with E-state index in [2.05, 4.69) is 38.1 Å². The first-order valence-corrected chi connectivity index (χ1v) is 7.43. The highest BCUT2D eigenvalue weighted by atomic mass is 79.9. The number of halogens is 2. The molecule has 0 fully saturated rings. The number of ether oxygens (including phenoxy) is 1. The van der Waals surface area contributed by atoms with E-state index in [1.807, 2.05) is 18.2 Å². The van der Waals surface area contributed by atoms with Crippen LogP contribution >= 0.6 is 27.5 Å². The van der Waals surface area contributed by atoms with Crippen molar-refractivity contribution in [1.29, 1.82) is 0 Å². The molecule has 0 unspecified atom stereocenters. The predicted molar refractivity (Wildman–Crippen MR) is 85.0 cm³/mol. The highest BCUT2D eigenvalue weighted by Crippen LogP contribution is 2.29. The van der Waals surface area contributed by atoms with Gasteiger partial charge in [0.2, 0.25) is 0 Å². The number of hydrogen-bond donors (Lipinski definition) is 1. The number of aromatic nitrogens is 2. The summed E-state index contributed by atoms with van der Waals surface area (Å²) in [6, 6.07) is 7.32. The molecule has 0 saturated heterocycles. The molecule has 20 heavy (non-hydrogen) atoms. The average molecular weight is 357 g/mol. The zero-order valence-corrected chi connectivity index (χ0v) is 13.6. The van der Waals surface area contributed by atoms with Gasteiger partial charge in [0.1, 0.15) is 22.0 Å². The summed E-state index contributed by atoms with van der Waals surface area (Å²) in [5.41, 5.74) is 0.860. The number of benzene rings is 1. The van der Waals surface area contributed by atoms with Crippen molar-refractivity contribution in [2.45, 2.75) is 19.8 Å². The first-order chi connectivity index (χ1) is 9.62. The summed E-state index contributed by atoms with van der Waals surface area (Å²) in [6.45, 7) is 2.10. The summed E-state index contributed by atoms with van der Waals surface area (Å²) in [6.07, 6.45) is 1.85. The number of aryl methyl sites for hydroxylation is 1. The Morgan fingerprint density at radius 2 is 2.10 bits per heavy atom. The predicted octanol–water partition coefficient (Wildman–Crippen LogP) is 4.60. The maximum atomic E-state index is 6.01.